The van der Waals surface area contributed by atoms with Crippen molar-refractivity contribution in [2.45, 2.75) is 26.6 Å². The summed E-state index contributed by atoms with van der Waals surface area (Å²) in [6, 6.07) is 6.68. The van der Waals surface area contributed by atoms with Crippen LogP contribution in [0.1, 0.15) is 19.4 Å². The van der Waals surface area contributed by atoms with Crippen LogP contribution in [0.2, 0.25) is 0 Å². The van der Waals surface area contributed by atoms with Gasteiger partial charge in [-0.25, -0.2) is 9.90 Å². The monoisotopic (exact) mass is 249 g/mol. The smallest absolute Gasteiger partial charge is 0.344 e. The average molecular weight is 249 g/mol. The molecule has 1 aromatic carbocycles. The third-order valence-corrected chi connectivity index (χ3v) is 2.23. The molecule has 0 heterocycles. The van der Waals surface area contributed by atoms with Crippen LogP contribution in [0.4, 0.5) is 0 Å². The van der Waals surface area contributed by atoms with E-state index in [1.165, 1.54) is 0 Å². The Bertz CT molecular complexity index is 395. The molecule has 1 atom stereocenters. The van der Waals surface area contributed by atoms with Gasteiger partial charge in [-0.15, -0.1) is 0 Å². The summed E-state index contributed by atoms with van der Waals surface area (Å²) < 4.78 is 10.3. The number of ether oxygens (including phenoxy) is 2. The van der Waals surface area contributed by atoms with Crippen LogP contribution in [0.25, 0.3) is 0 Å². The van der Waals surface area contributed by atoms with Gasteiger partial charge in [-0.3, -0.25) is 0 Å². The van der Waals surface area contributed by atoms with Gasteiger partial charge in [0.1, 0.15) is 18.5 Å². The molecule has 1 radical (unpaired) electrons. The summed E-state index contributed by atoms with van der Waals surface area (Å²) in [6.07, 6.45) is 3.34. The van der Waals surface area contributed by atoms with Crippen molar-refractivity contribution < 1.29 is 19.4 Å². The van der Waals surface area contributed by atoms with E-state index in [0.29, 0.717) is 11.3 Å². The summed E-state index contributed by atoms with van der Waals surface area (Å²) in [6.45, 7) is 3.24. The Morgan fingerprint density at radius 2 is 2.00 bits per heavy atom. The molecule has 1 unspecified atom stereocenters. The quantitative estimate of drug-likeness (QED) is 0.575. The predicted molar refractivity (Wildman–Crippen MR) is 66.7 cm³/mol. The highest BCUT2D eigenvalue weighted by Gasteiger charge is 2.07. The molecular formula is C14H17O4. The zero-order chi connectivity index (χ0) is 13.4. The number of esters is 1. The number of carbonyl (C=O) groups is 1. The van der Waals surface area contributed by atoms with Gasteiger partial charge in [0.05, 0.1) is 0 Å². The topological polar surface area (TPSA) is 55.4 Å². The van der Waals surface area contributed by atoms with Crippen molar-refractivity contribution in [3.63, 3.8) is 0 Å². The fourth-order valence-corrected chi connectivity index (χ4v) is 1.38. The van der Waals surface area contributed by atoms with Crippen molar-refractivity contribution in [2.75, 3.05) is 6.61 Å². The van der Waals surface area contributed by atoms with Crippen molar-refractivity contribution in [1.29, 1.82) is 0 Å². The molecule has 0 amide bonds. The van der Waals surface area contributed by atoms with Gasteiger partial charge in [-0.1, -0.05) is 18.2 Å². The van der Waals surface area contributed by atoms with Gasteiger partial charge in [0, 0.05) is 0 Å². The van der Waals surface area contributed by atoms with Crippen molar-refractivity contribution >= 4 is 5.97 Å². The van der Waals surface area contributed by atoms with E-state index in [1.807, 2.05) is 13.0 Å². The Labute approximate surface area is 107 Å². The van der Waals surface area contributed by atoms with E-state index in [2.05, 4.69) is 0 Å². The highest BCUT2D eigenvalue weighted by atomic mass is 16.6. The van der Waals surface area contributed by atoms with E-state index >= 15 is 0 Å². The largest absolute Gasteiger partial charge is 0.482 e. The molecule has 1 aromatic rings. The summed E-state index contributed by atoms with van der Waals surface area (Å²) >= 11 is 0. The molecule has 1 rings (SSSR count). The number of allylic oxidation sites excluding steroid dienone is 1. The predicted octanol–water partition coefficient (Wildman–Crippen LogP) is 2.50. The Balaban J connectivity index is 2.37. The van der Waals surface area contributed by atoms with E-state index in [0.717, 1.165) is 0 Å². The summed E-state index contributed by atoms with van der Waals surface area (Å²) in [5.41, 5.74) is 0.687. The van der Waals surface area contributed by atoms with Gasteiger partial charge < -0.3 is 9.47 Å². The molecule has 4 nitrogen and oxygen atoms in total. The average Bonchev–Trinajstić information content (AvgIpc) is 2.37. The molecule has 0 aromatic heterocycles. The Morgan fingerprint density at radius 3 is 2.56 bits per heavy atom. The lowest BCUT2D eigenvalue weighted by Gasteiger charge is -2.10. The van der Waals surface area contributed by atoms with E-state index in [9.17, 15) is 9.90 Å². The second-order valence-electron chi connectivity index (χ2n) is 3.80. The fourth-order valence-electron chi connectivity index (χ4n) is 1.38. The SMILES string of the molecule is C/C=C/C(C)OC(=O)COc1ccc(C[O])cc1. The molecular weight excluding hydrogens is 232 g/mol. The van der Waals surface area contributed by atoms with E-state index < -0.39 is 5.97 Å². The van der Waals surface area contributed by atoms with E-state index in [-0.39, 0.29) is 19.3 Å². The summed E-state index contributed by atoms with van der Waals surface area (Å²) in [7, 11) is 0. The molecule has 0 spiro atoms. The third-order valence-electron chi connectivity index (χ3n) is 2.23. The Hall–Kier alpha value is -1.81. The van der Waals surface area contributed by atoms with Crippen LogP contribution >= 0.6 is 0 Å². The van der Waals surface area contributed by atoms with E-state index in [1.54, 1.807) is 37.3 Å². The highest BCUT2D eigenvalue weighted by molar-refractivity contribution is 5.71. The lowest BCUT2D eigenvalue weighted by molar-refractivity contribution is -0.148. The summed E-state index contributed by atoms with van der Waals surface area (Å²) in [4.78, 5) is 11.4. The summed E-state index contributed by atoms with van der Waals surface area (Å²) in [5, 5.41) is 10.6. The number of rotatable bonds is 6. The van der Waals surface area contributed by atoms with Crippen LogP contribution in [0.15, 0.2) is 36.4 Å². The van der Waals surface area contributed by atoms with Gasteiger partial charge in [0.2, 0.25) is 0 Å². The fraction of sp³-hybridized carbons (Fsp3) is 0.357. The highest BCUT2D eigenvalue weighted by Crippen LogP contribution is 2.12. The molecule has 97 valence electrons. The zero-order valence-electron chi connectivity index (χ0n) is 10.6. The number of hydrogen-bond donors (Lipinski definition) is 0. The van der Waals surface area contributed by atoms with Crippen LogP contribution < -0.4 is 4.74 Å². The second-order valence-corrected chi connectivity index (χ2v) is 3.80. The third kappa shape index (κ3) is 5.01. The first kappa shape index (κ1) is 14.3. The molecule has 0 saturated carbocycles. The number of carbonyl (C=O) groups excluding carboxylic acids is 1. The van der Waals surface area contributed by atoms with Crippen LogP contribution in [0.3, 0.4) is 0 Å². The van der Waals surface area contributed by atoms with Crippen molar-refractivity contribution in [2.24, 2.45) is 0 Å². The lowest BCUT2D eigenvalue weighted by Crippen LogP contribution is -2.19. The van der Waals surface area contributed by atoms with Crippen LogP contribution in [0.5, 0.6) is 5.75 Å². The standard InChI is InChI=1S/C14H17O4/c1-3-4-11(2)18-14(16)10-17-13-7-5-12(9-15)6-8-13/h3-8,11H,9-10H2,1-2H3/b4-3+. The Kier molecular flexibility index (Phi) is 5.94. The molecule has 0 bridgehead atoms. The second kappa shape index (κ2) is 7.50. The first-order valence-electron chi connectivity index (χ1n) is 5.78. The molecule has 0 aliphatic carbocycles. The first-order chi connectivity index (χ1) is 8.65. The van der Waals surface area contributed by atoms with Gasteiger partial charge in [-0.05, 0) is 37.6 Å². The van der Waals surface area contributed by atoms with E-state index in [4.69, 9.17) is 9.47 Å². The number of benzene rings is 1. The molecule has 4 heteroatoms. The van der Waals surface area contributed by atoms with Crippen LogP contribution in [-0.4, -0.2) is 18.7 Å². The van der Waals surface area contributed by atoms with Crippen molar-refractivity contribution in [3.05, 3.63) is 42.0 Å². The van der Waals surface area contributed by atoms with Crippen molar-refractivity contribution in [3.8, 4) is 5.75 Å². The van der Waals surface area contributed by atoms with Gasteiger partial charge in [-0.2, -0.15) is 0 Å². The molecule has 0 saturated heterocycles. The summed E-state index contributed by atoms with van der Waals surface area (Å²) in [5.74, 6) is 0.122. The van der Waals surface area contributed by atoms with Gasteiger partial charge >= 0.3 is 5.97 Å². The zero-order valence-corrected chi connectivity index (χ0v) is 10.6. The van der Waals surface area contributed by atoms with Crippen molar-refractivity contribution in [1.82, 2.24) is 0 Å². The minimum Gasteiger partial charge on any atom is -0.482 e. The number of hydrogen-bond acceptors (Lipinski definition) is 3. The van der Waals surface area contributed by atoms with Crippen LogP contribution in [-0.2, 0) is 21.2 Å². The minimum absolute atomic E-state index is 0.140. The first-order valence-corrected chi connectivity index (χ1v) is 5.78. The van der Waals surface area contributed by atoms with Gasteiger partial charge in [0.15, 0.2) is 6.61 Å². The maximum Gasteiger partial charge on any atom is 0.344 e. The van der Waals surface area contributed by atoms with Crippen LogP contribution in [0, 0.1) is 0 Å². The molecule has 18 heavy (non-hydrogen) atoms. The molecule has 0 fully saturated rings. The molecule has 0 aliphatic heterocycles. The molecule has 0 N–H and O–H groups in total. The normalized spacial score (nSPS) is 12.4. The Morgan fingerprint density at radius 1 is 1.33 bits per heavy atom. The lowest BCUT2D eigenvalue weighted by atomic mass is 10.2. The maximum absolute atomic E-state index is 11.4. The molecule has 0 aliphatic rings. The van der Waals surface area contributed by atoms with Gasteiger partial charge in [0.25, 0.3) is 0 Å². The maximum atomic E-state index is 11.4. The minimum atomic E-state index is -0.423.